The Hall–Kier alpha value is -2.01. The maximum Gasteiger partial charge on any atom is 0.511 e. The lowest BCUT2D eigenvalue weighted by atomic mass is 10.1. The topological polar surface area (TPSA) is 77.0 Å². The van der Waals surface area contributed by atoms with Gasteiger partial charge in [-0.25, -0.2) is 8.42 Å². The van der Waals surface area contributed by atoms with Crippen molar-refractivity contribution in [2.24, 2.45) is 4.99 Å². The molecule has 1 heterocycles. The van der Waals surface area contributed by atoms with Crippen LogP contribution in [0.3, 0.4) is 0 Å². The molecule has 1 aliphatic rings. The summed E-state index contributed by atoms with van der Waals surface area (Å²) in [6.45, 7) is 1.30. The number of anilines is 1. The Morgan fingerprint density at radius 2 is 1.83 bits per heavy atom. The minimum Gasteiger partial charge on any atom is -0.375 e. The average molecular weight is 450 g/mol. The molecule has 0 aliphatic carbocycles. The molecule has 1 aromatic carbocycles. The number of aliphatic imine (C=N–C) groups is 1. The van der Waals surface area contributed by atoms with Crippen LogP contribution in [0.5, 0.6) is 0 Å². The van der Waals surface area contributed by atoms with E-state index >= 15 is 0 Å². The molecule has 1 saturated heterocycles. The predicted octanol–water partition coefficient (Wildman–Crippen LogP) is 2.38. The van der Waals surface area contributed by atoms with Crippen LogP contribution in [0.1, 0.15) is 25.7 Å². The number of rotatable bonds is 8. The number of hydrogen-bond donors (Lipinski definition) is 2. The summed E-state index contributed by atoms with van der Waals surface area (Å²) in [5.41, 5.74) is -4.08. The summed E-state index contributed by atoms with van der Waals surface area (Å²) in [7, 11) is -1.57. The zero-order chi connectivity index (χ0) is 22.2. The van der Waals surface area contributed by atoms with Crippen LogP contribution in [-0.4, -0.2) is 70.5 Å². The Balaban J connectivity index is 1.67. The van der Waals surface area contributed by atoms with Gasteiger partial charge in [0, 0.05) is 52.0 Å². The van der Waals surface area contributed by atoms with E-state index in [2.05, 4.69) is 39.7 Å². The van der Waals surface area contributed by atoms with Gasteiger partial charge in [-0.15, -0.1) is 0 Å². The number of nitrogens with one attached hydrogen (secondary N) is 2. The molecule has 0 spiro atoms. The fraction of sp³-hybridized carbons (Fsp3) is 0.632. The van der Waals surface area contributed by atoms with Gasteiger partial charge >= 0.3 is 15.5 Å². The van der Waals surface area contributed by atoms with Crippen LogP contribution in [0, 0.1) is 0 Å². The highest BCUT2D eigenvalue weighted by atomic mass is 32.2. The summed E-state index contributed by atoms with van der Waals surface area (Å²) >= 11 is 0. The maximum absolute atomic E-state index is 12.7. The van der Waals surface area contributed by atoms with Crippen LogP contribution in [0.25, 0.3) is 0 Å². The largest absolute Gasteiger partial charge is 0.511 e. The summed E-state index contributed by atoms with van der Waals surface area (Å²) in [6, 6.07) is 10.0. The van der Waals surface area contributed by atoms with Gasteiger partial charge in [0.1, 0.15) is 0 Å². The lowest BCUT2D eigenvalue weighted by Gasteiger charge is -2.32. The third-order valence-corrected chi connectivity index (χ3v) is 6.69. The van der Waals surface area contributed by atoms with Crippen molar-refractivity contribution in [2.75, 3.05) is 45.2 Å². The van der Waals surface area contributed by atoms with Crippen molar-refractivity contribution in [1.82, 2.24) is 14.9 Å². The highest BCUT2D eigenvalue weighted by molar-refractivity contribution is 7.90. The van der Waals surface area contributed by atoms with Gasteiger partial charge in [-0.3, -0.25) is 4.99 Å². The highest BCUT2D eigenvalue weighted by Gasteiger charge is 2.50. The minimum absolute atomic E-state index is 0.125. The quantitative estimate of drug-likeness (QED) is 0.362. The summed E-state index contributed by atoms with van der Waals surface area (Å²) in [4.78, 5) is 6.33. The van der Waals surface area contributed by atoms with E-state index in [9.17, 15) is 21.6 Å². The second kappa shape index (κ2) is 10.9. The van der Waals surface area contributed by atoms with E-state index in [-0.39, 0.29) is 32.0 Å². The van der Waals surface area contributed by atoms with E-state index in [0.29, 0.717) is 16.8 Å². The molecule has 2 N–H and O–H groups in total. The molecule has 0 bridgehead atoms. The first-order valence-electron chi connectivity index (χ1n) is 9.95. The molecule has 0 aromatic heterocycles. The number of alkyl halides is 3. The molecule has 11 heteroatoms. The number of unbranched alkanes of at least 4 members (excludes halogenated alkanes) is 1. The molecule has 0 unspecified atom stereocenters. The van der Waals surface area contributed by atoms with Gasteiger partial charge in [-0.1, -0.05) is 18.2 Å². The number of nitrogens with zero attached hydrogens (tertiary/aromatic N) is 3. The molecule has 2 rings (SSSR count). The third-order valence-electron chi connectivity index (χ3n) is 5.06. The fourth-order valence-electron chi connectivity index (χ4n) is 3.27. The summed E-state index contributed by atoms with van der Waals surface area (Å²) < 4.78 is 61.4. The van der Waals surface area contributed by atoms with Crippen LogP contribution >= 0.6 is 0 Å². The van der Waals surface area contributed by atoms with Crippen LogP contribution in [-0.2, 0) is 10.0 Å². The molecule has 30 heavy (non-hydrogen) atoms. The number of halogens is 3. The van der Waals surface area contributed by atoms with Crippen molar-refractivity contribution >= 4 is 21.7 Å². The maximum atomic E-state index is 12.7. The molecule has 0 radical (unpaired) electrons. The molecule has 0 amide bonds. The number of hydrogen-bond acceptors (Lipinski definition) is 4. The molecular formula is C19H30F3N5O2S. The Morgan fingerprint density at radius 3 is 2.40 bits per heavy atom. The Labute approximate surface area is 176 Å². The molecule has 0 atom stereocenters. The van der Waals surface area contributed by atoms with E-state index < -0.39 is 15.5 Å². The first-order chi connectivity index (χ1) is 14.1. The standard InChI is InChI=1S/C19H30F3N5O2S/c1-23-18(24-12-6-7-13-26(2)17-8-4-3-5-9-17)25-16-10-14-27(15-11-16)30(28,29)19(20,21)22/h3-5,8-9,16H,6-7,10-15H2,1-2H3,(H2,23,24,25). The summed E-state index contributed by atoms with van der Waals surface area (Å²) in [5.74, 6) is 0.573. The van der Waals surface area contributed by atoms with Gasteiger partial charge in [0.2, 0.25) is 0 Å². The number of piperidine rings is 1. The lowest BCUT2D eigenvalue weighted by molar-refractivity contribution is -0.0494. The molecular weight excluding hydrogens is 419 g/mol. The number of guanidine groups is 1. The Bertz CT molecular complexity index is 779. The van der Waals surface area contributed by atoms with Gasteiger partial charge < -0.3 is 15.5 Å². The molecule has 1 fully saturated rings. The van der Waals surface area contributed by atoms with Crippen molar-refractivity contribution in [3.05, 3.63) is 30.3 Å². The summed E-state index contributed by atoms with van der Waals surface area (Å²) in [6.07, 6.45) is 2.50. The van der Waals surface area contributed by atoms with Gasteiger partial charge in [0.05, 0.1) is 0 Å². The zero-order valence-electron chi connectivity index (χ0n) is 17.3. The predicted molar refractivity (Wildman–Crippen MR) is 113 cm³/mol. The van der Waals surface area contributed by atoms with E-state index in [4.69, 9.17) is 0 Å². The number of benzene rings is 1. The van der Waals surface area contributed by atoms with Crippen LogP contribution in [0.4, 0.5) is 18.9 Å². The second-order valence-corrected chi connectivity index (χ2v) is 9.16. The van der Waals surface area contributed by atoms with Gasteiger partial charge in [-0.2, -0.15) is 17.5 Å². The van der Waals surface area contributed by atoms with Crippen molar-refractivity contribution in [3.63, 3.8) is 0 Å². The van der Waals surface area contributed by atoms with E-state index in [1.54, 1.807) is 7.05 Å². The third kappa shape index (κ3) is 6.76. The average Bonchev–Trinajstić information content (AvgIpc) is 2.72. The molecule has 170 valence electrons. The highest BCUT2D eigenvalue weighted by Crippen LogP contribution is 2.28. The van der Waals surface area contributed by atoms with Crippen LogP contribution < -0.4 is 15.5 Å². The SMILES string of the molecule is CN=C(NCCCCN(C)c1ccccc1)NC1CCN(S(=O)(=O)C(F)(F)F)CC1. The first-order valence-corrected chi connectivity index (χ1v) is 11.4. The normalized spacial score (nSPS) is 17.0. The first kappa shape index (κ1) is 24.3. The summed E-state index contributed by atoms with van der Waals surface area (Å²) in [5, 5.41) is 6.37. The number of sulfonamides is 1. The molecule has 1 aliphatic heterocycles. The van der Waals surface area contributed by atoms with Gasteiger partial charge in [0.15, 0.2) is 5.96 Å². The molecule has 7 nitrogen and oxygen atoms in total. The Kier molecular flexibility index (Phi) is 8.78. The van der Waals surface area contributed by atoms with Crippen molar-refractivity contribution < 1.29 is 21.6 Å². The Morgan fingerprint density at radius 1 is 1.20 bits per heavy atom. The molecule has 0 saturated carbocycles. The lowest BCUT2D eigenvalue weighted by Crippen LogP contribution is -2.51. The minimum atomic E-state index is -5.25. The second-order valence-electron chi connectivity index (χ2n) is 7.23. The van der Waals surface area contributed by atoms with E-state index in [0.717, 1.165) is 19.4 Å². The van der Waals surface area contributed by atoms with E-state index in [1.807, 2.05) is 18.2 Å². The van der Waals surface area contributed by atoms with Gasteiger partial charge in [-0.05, 0) is 37.8 Å². The zero-order valence-corrected chi connectivity index (χ0v) is 18.1. The van der Waals surface area contributed by atoms with Gasteiger partial charge in [0.25, 0.3) is 0 Å². The van der Waals surface area contributed by atoms with Crippen molar-refractivity contribution in [3.8, 4) is 0 Å². The van der Waals surface area contributed by atoms with E-state index in [1.165, 1.54) is 5.69 Å². The monoisotopic (exact) mass is 449 g/mol. The smallest absolute Gasteiger partial charge is 0.375 e. The van der Waals surface area contributed by atoms with Crippen LogP contribution in [0.15, 0.2) is 35.3 Å². The fourth-order valence-corrected chi connectivity index (χ4v) is 4.25. The van der Waals surface area contributed by atoms with Crippen LogP contribution in [0.2, 0.25) is 0 Å². The van der Waals surface area contributed by atoms with Crippen molar-refractivity contribution in [2.45, 2.75) is 37.2 Å². The number of para-hydroxylation sites is 1. The molecule has 1 aromatic rings. The van der Waals surface area contributed by atoms with Crippen molar-refractivity contribution in [1.29, 1.82) is 0 Å².